The normalized spacial score (nSPS) is 12.9. The van der Waals surface area contributed by atoms with Gasteiger partial charge in [-0.2, -0.15) is 4.72 Å². The Morgan fingerprint density at radius 1 is 1.23 bits per heavy atom. The molecule has 0 bridgehead atoms. The molecule has 1 aromatic carbocycles. The van der Waals surface area contributed by atoms with Crippen LogP contribution < -0.4 is 10.0 Å². The maximum absolute atomic E-state index is 12.6. The van der Waals surface area contributed by atoms with Crippen LogP contribution in [0.5, 0.6) is 0 Å². The number of anilines is 1. The van der Waals surface area contributed by atoms with Crippen LogP contribution in [0.2, 0.25) is 0 Å². The van der Waals surface area contributed by atoms with Gasteiger partial charge in [-0.3, -0.25) is 9.20 Å². The zero-order chi connectivity index (χ0) is 21.5. The molecule has 0 fully saturated rings. The summed E-state index contributed by atoms with van der Waals surface area (Å²) in [5.41, 5.74) is 2.53. The highest BCUT2D eigenvalue weighted by Gasteiger charge is 2.28. The van der Waals surface area contributed by atoms with Crippen LogP contribution in [0, 0.1) is 13.8 Å². The van der Waals surface area contributed by atoms with Crippen LogP contribution in [-0.4, -0.2) is 34.9 Å². The highest BCUT2D eigenvalue weighted by atomic mass is 32.2. The van der Waals surface area contributed by atoms with Crippen molar-refractivity contribution < 1.29 is 17.7 Å². The predicted octanol–water partition coefficient (Wildman–Crippen LogP) is 2.97. The van der Waals surface area contributed by atoms with Gasteiger partial charge in [0.05, 0.1) is 11.7 Å². The Morgan fingerprint density at radius 3 is 2.60 bits per heavy atom. The smallest absolute Gasteiger partial charge is 0.246 e. The number of amides is 1. The first-order valence-corrected chi connectivity index (χ1v) is 11.4. The molecule has 4 aromatic rings. The van der Waals surface area contributed by atoms with E-state index in [0.29, 0.717) is 5.69 Å². The van der Waals surface area contributed by atoms with Gasteiger partial charge in [0, 0.05) is 29.0 Å². The second-order valence-electron chi connectivity index (χ2n) is 6.78. The van der Waals surface area contributed by atoms with E-state index >= 15 is 0 Å². The molecule has 1 amide bonds. The standard InChI is InChI=1S/C19H19N5O4S2/c1-11-17(13(3)28-22-11)30(26,27)23-12(2)18(25)20-15-6-4-14(5-7-15)16-10-24-8-9-29-19(24)21-16/h4-10,12,23H,1-3H3,(H,20,25)/t12-/m0/s1. The molecule has 30 heavy (non-hydrogen) atoms. The summed E-state index contributed by atoms with van der Waals surface area (Å²) in [6.07, 6.45) is 3.88. The number of imidazole rings is 1. The fourth-order valence-corrected chi connectivity index (χ4v) is 5.28. The van der Waals surface area contributed by atoms with E-state index in [1.54, 1.807) is 23.5 Å². The van der Waals surface area contributed by atoms with Crippen molar-refractivity contribution in [3.05, 3.63) is 53.5 Å². The molecule has 0 aliphatic carbocycles. The number of carbonyl (C=O) groups is 1. The Kier molecular flexibility index (Phi) is 5.18. The van der Waals surface area contributed by atoms with Crippen molar-refractivity contribution in [2.45, 2.75) is 31.7 Å². The number of aromatic nitrogens is 3. The molecular weight excluding hydrogens is 426 g/mol. The summed E-state index contributed by atoms with van der Waals surface area (Å²) in [6.45, 7) is 4.50. The van der Waals surface area contributed by atoms with Crippen molar-refractivity contribution >= 4 is 37.9 Å². The highest BCUT2D eigenvalue weighted by molar-refractivity contribution is 7.89. The fourth-order valence-electron chi connectivity index (χ4n) is 3.04. The number of nitrogens with one attached hydrogen (secondary N) is 2. The van der Waals surface area contributed by atoms with Gasteiger partial charge in [0.1, 0.15) is 10.6 Å². The molecule has 11 heteroatoms. The van der Waals surface area contributed by atoms with E-state index in [2.05, 4.69) is 20.2 Å². The predicted molar refractivity (Wildman–Crippen MR) is 113 cm³/mol. The number of thiazole rings is 1. The maximum atomic E-state index is 12.6. The molecule has 0 spiro atoms. The lowest BCUT2D eigenvalue weighted by atomic mass is 10.1. The van der Waals surface area contributed by atoms with Crippen LogP contribution in [0.3, 0.4) is 0 Å². The third-order valence-corrected chi connectivity index (χ3v) is 7.06. The van der Waals surface area contributed by atoms with Crippen molar-refractivity contribution in [3.63, 3.8) is 0 Å². The Morgan fingerprint density at radius 2 is 1.97 bits per heavy atom. The quantitative estimate of drug-likeness (QED) is 0.471. The van der Waals surface area contributed by atoms with Crippen molar-refractivity contribution in [2.75, 3.05) is 5.32 Å². The fraction of sp³-hybridized carbons (Fsp3) is 0.211. The molecule has 3 heterocycles. The molecule has 0 saturated heterocycles. The Labute approximate surface area is 176 Å². The summed E-state index contributed by atoms with van der Waals surface area (Å²) < 4.78 is 34.3. The molecule has 3 aromatic heterocycles. The first kappa shape index (κ1) is 20.3. The van der Waals surface area contributed by atoms with Crippen LogP contribution >= 0.6 is 11.3 Å². The number of sulfonamides is 1. The minimum Gasteiger partial charge on any atom is -0.360 e. The lowest BCUT2D eigenvalue weighted by Gasteiger charge is -2.14. The molecule has 9 nitrogen and oxygen atoms in total. The van der Waals surface area contributed by atoms with Gasteiger partial charge in [0.15, 0.2) is 10.7 Å². The molecule has 2 N–H and O–H groups in total. The monoisotopic (exact) mass is 445 g/mol. The van der Waals surface area contributed by atoms with Crippen LogP contribution in [0.1, 0.15) is 18.4 Å². The number of hydrogen-bond donors (Lipinski definition) is 2. The minimum atomic E-state index is -3.94. The second kappa shape index (κ2) is 7.67. The van der Waals surface area contributed by atoms with E-state index in [9.17, 15) is 13.2 Å². The van der Waals surface area contributed by atoms with Crippen molar-refractivity contribution in [2.24, 2.45) is 0 Å². The van der Waals surface area contributed by atoms with Crippen molar-refractivity contribution in [3.8, 4) is 11.3 Å². The highest BCUT2D eigenvalue weighted by Crippen LogP contribution is 2.23. The van der Waals surface area contributed by atoms with Gasteiger partial charge in [-0.25, -0.2) is 13.4 Å². The molecule has 4 rings (SSSR count). The SMILES string of the molecule is Cc1noc(C)c1S(=O)(=O)N[C@@H](C)C(=O)Nc1ccc(-c2cn3ccsc3n2)cc1. The van der Waals surface area contributed by atoms with Gasteiger partial charge >= 0.3 is 0 Å². The summed E-state index contributed by atoms with van der Waals surface area (Å²) >= 11 is 1.55. The zero-order valence-corrected chi connectivity index (χ0v) is 18.0. The lowest BCUT2D eigenvalue weighted by molar-refractivity contribution is -0.117. The third-order valence-electron chi connectivity index (χ3n) is 4.50. The lowest BCUT2D eigenvalue weighted by Crippen LogP contribution is -2.41. The van der Waals surface area contributed by atoms with E-state index in [1.807, 2.05) is 34.3 Å². The van der Waals surface area contributed by atoms with Crippen LogP contribution in [0.15, 0.2) is 51.5 Å². The number of benzene rings is 1. The topological polar surface area (TPSA) is 119 Å². The molecule has 0 aliphatic rings. The summed E-state index contributed by atoms with van der Waals surface area (Å²) in [5, 5.41) is 8.32. The summed E-state index contributed by atoms with van der Waals surface area (Å²) in [5.74, 6) is -0.317. The van der Waals surface area contributed by atoms with E-state index in [1.165, 1.54) is 20.8 Å². The Hall–Kier alpha value is -3.02. The van der Waals surface area contributed by atoms with E-state index in [-0.39, 0.29) is 16.3 Å². The van der Waals surface area contributed by atoms with Gasteiger partial charge < -0.3 is 9.84 Å². The molecule has 0 saturated carbocycles. The van der Waals surface area contributed by atoms with Crippen LogP contribution in [0.4, 0.5) is 5.69 Å². The number of carbonyl (C=O) groups excluding carboxylic acids is 1. The van der Waals surface area contributed by atoms with Crippen molar-refractivity contribution in [1.82, 2.24) is 19.3 Å². The summed E-state index contributed by atoms with van der Waals surface area (Å²) in [7, 11) is -3.94. The number of fused-ring (bicyclic) bond motifs is 1. The van der Waals surface area contributed by atoms with E-state index in [0.717, 1.165) is 16.2 Å². The number of hydrogen-bond acceptors (Lipinski definition) is 7. The van der Waals surface area contributed by atoms with Gasteiger partial charge in [-0.1, -0.05) is 17.3 Å². The first-order valence-electron chi connectivity index (χ1n) is 9.03. The molecule has 0 aliphatic heterocycles. The Balaban J connectivity index is 1.43. The molecule has 1 atom stereocenters. The molecular formula is C19H19N5O4S2. The van der Waals surface area contributed by atoms with Crippen molar-refractivity contribution in [1.29, 1.82) is 0 Å². The van der Waals surface area contributed by atoms with E-state index in [4.69, 9.17) is 4.52 Å². The third kappa shape index (κ3) is 3.86. The zero-order valence-electron chi connectivity index (χ0n) is 16.4. The number of aryl methyl sites for hydroxylation is 2. The first-order chi connectivity index (χ1) is 14.2. The summed E-state index contributed by atoms with van der Waals surface area (Å²) in [6, 6.07) is 6.19. The maximum Gasteiger partial charge on any atom is 0.246 e. The second-order valence-corrected chi connectivity index (χ2v) is 9.31. The number of rotatable bonds is 6. The largest absolute Gasteiger partial charge is 0.360 e. The van der Waals surface area contributed by atoms with Gasteiger partial charge in [-0.15, -0.1) is 11.3 Å². The average Bonchev–Trinajstić information content (AvgIpc) is 3.37. The number of nitrogens with zero attached hydrogens (tertiary/aromatic N) is 3. The Bertz CT molecular complexity index is 1270. The van der Waals surface area contributed by atoms with Gasteiger partial charge in [-0.05, 0) is 32.9 Å². The van der Waals surface area contributed by atoms with Crippen LogP contribution in [-0.2, 0) is 14.8 Å². The summed E-state index contributed by atoms with van der Waals surface area (Å²) in [4.78, 5) is 17.9. The molecule has 0 unspecified atom stereocenters. The van der Waals surface area contributed by atoms with Gasteiger partial charge in [0.2, 0.25) is 15.9 Å². The van der Waals surface area contributed by atoms with Crippen LogP contribution in [0.25, 0.3) is 16.2 Å². The van der Waals surface area contributed by atoms with E-state index < -0.39 is 22.0 Å². The molecule has 156 valence electrons. The average molecular weight is 446 g/mol. The minimum absolute atomic E-state index is 0.0496. The molecule has 0 radical (unpaired) electrons. The van der Waals surface area contributed by atoms with Gasteiger partial charge in [0.25, 0.3) is 0 Å².